The first kappa shape index (κ1) is 13.3. The van der Waals surface area contributed by atoms with Gasteiger partial charge in [-0.3, -0.25) is 0 Å². The Morgan fingerprint density at radius 3 is 2.39 bits per heavy atom. The molecular weight excluding hydrogens is 255 g/mol. The van der Waals surface area contributed by atoms with Crippen LogP contribution in [0.5, 0.6) is 0 Å². The zero-order chi connectivity index (χ0) is 13.4. The molecule has 0 aromatic carbocycles. The van der Waals surface area contributed by atoms with Gasteiger partial charge in [0.25, 0.3) is 0 Å². The SMILES string of the molecule is FC1(F)CCC(Cc2cnc(C(F)(F)F)[nH]2)CC1. The highest BCUT2D eigenvalue weighted by molar-refractivity contribution is 5.05. The molecule has 102 valence electrons. The van der Waals surface area contributed by atoms with Crippen LogP contribution >= 0.6 is 0 Å². The number of imidazole rings is 1. The van der Waals surface area contributed by atoms with Crippen molar-refractivity contribution in [3.05, 3.63) is 17.7 Å². The van der Waals surface area contributed by atoms with E-state index in [0.29, 0.717) is 25.0 Å². The van der Waals surface area contributed by atoms with Gasteiger partial charge in [-0.05, 0) is 25.2 Å². The van der Waals surface area contributed by atoms with E-state index in [1.807, 2.05) is 0 Å². The molecule has 0 saturated heterocycles. The van der Waals surface area contributed by atoms with Crippen molar-refractivity contribution in [1.82, 2.24) is 9.97 Å². The van der Waals surface area contributed by atoms with Crippen molar-refractivity contribution in [3.8, 4) is 0 Å². The number of alkyl halides is 5. The zero-order valence-corrected chi connectivity index (χ0v) is 9.53. The van der Waals surface area contributed by atoms with Gasteiger partial charge >= 0.3 is 6.18 Å². The Morgan fingerprint density at radius 1 is 1.28 bits per heavy atom. The topological polar surface area (TPSA) is 28.7 Å². The molecule has 0 spiro atoms. The molecule has 0 atom stereocenters. The standard InChI is InChI=1S/C11H13F5N2/c12-10(13)3-1-7(2-4-10)5-8-6-17-9(18-8)11(14,15)16/h6-7H,1-5H2,(H,17,18). The molecule has 1 aromatic rings. The summed E-state index contributed by atoms with van der Waals surface area (Å²) in [7, 11) is 0. The molecule has 1 aliphatic carbocycles. The minimum Gasteiger partial charge on any atom is -0.338 e. The summed E-state index contributed by atoms with van der Waals surface area (Å²) < 4.78 is 62.7. The molecular formula is C11H13F5N2. The van der Waals surface area contributed by atoms with Crippen LogP contribution in [0.4, 0.5) is 22.0 Å². The van der Waals surface area contributed by atoms with Crippen molar-refractivity contribution in [2.45, 2.75) is 44.2 Å². The quantitative estimate of drug-likeness (QED) is 0.812. The Morgan fingerprint density at radius 2 is 1.89 bits per heavy atom. The number of hydrogen-bond donors (Lipinski definition) is 1. The van der Waals surface area contributed by atoms with E-state index in [2.05, 4.69) is 9.97 Å². The molecule has 0 unspecified atom stereocenters. The van der Waals surface area contributed by atoms with E-state index in [-0.39, 0.29) is 18.8 Å². The number of halogens is 5. The van der Waals surface area contributed by atoms with Crippen LogP contribution in [0.1, 0.15) is 37.2 Å². The number of rotatable bonds is 2. The predicted molar refractivity (Wildman–Crippen MR) is 54.2 cm³/mol. The van der Waals surface area contributed by atoms with E-state index in [0.717, 1.165) is 6.20 Å². The molecule has 18 heavy (non-hydrogen) atoms. The van der Waals surface area contributed by atoms with Gasteiger partial charge in [-0.2, -0.15) is 13.2 Å². The molecule has 2 nitrogen and oxygen atoms in total. The van der Waals surface area contributed by atoms with Gasteiger partial charge in [-0.25, -0.2) is 13.8 Å². The van der Waals surface area contributed by atoms with Crippen molar-refractivity contribution >= 4 is 0 Å². The van der Waals surface area contributed by atoms with Gasteiger partial charge in [0.15, 0.2) is 0 Å². The van der Waals surface area contributed by atoms with Gasteiger partial charge in [0.2, 0.25) is 11.7 Å². The number of nitrogens with zero attached hydrogens (tertiary/aromatic N) is 1. The molecule has 1 heterocycles. The highest BCUT2D eigenvalue weighted by atomic mass is 19.4. The lowest BCUT2D eigenvalue weighted by atomic mass is 9.84. The summed E-state index contributed by atoms with van der Waals surface area (Å²) in [5.74, 6) is -3.63. The molecule has 1 fully saturated rings. The normalized spacial score (nSPS) is 21.2. The Labute approximate surface area is 101 Å². The number of H-pyrrole nitrogens is 1. The monoisotopic (exact) mass is 268 g/mol. The first-order chi connectivity index (χ1) is 8.26. The molecule has 0 aliphatic heterocycles. The van der Waals surface area contributed by atoms with Crippen LogP contribution in [-0.4, -0.2) is 15.9 Å². The number of aromatic amines is 1. The zero-order valence-electron chi connectivity index (χ0n) is 9.53. The largest absolute Gasteiger partial charge is 0.449 e. The third kappa shape index (κ3) is 3.20. The third-order valence-corrected chi connectivity index (χ3v) is 3.24. The molecule has 1 aliphatic rings. The smallest absolute Gasteiger partial charge is 0.338 e. The fraction of sp³-hybridized carbons (Fsp3) is 0.727. The maximum absolute atomic E-state index is 12.9. The van der Waals surface area contributed by atoms with Crippen LogP contribution in [0.15, 0.2) is 6.20 Å². The summed E-state index contributed by atoms with van der Waals surface area (Å²) >= 11 is 0. The molecule has 1 saturated carbocycles. The first-order valence-electron chi connectivity index (χ1n) is 5.75. The summed E-state index contributed by atoms with van der Waals surface area (Å²) in [4.78, 5) is 5.45. The van der Waals surface area contributed by atoms with E-state index in [4.69, 9.17) is 0 Å². The maximum atomic E-state index is 12.9. The second kappa shape index (κ2) is 4.51. The van der Waals surface area contributed by atoms with Crippen molar-refractivity contribution in [2.24, 2.45) is 5.92 Å². The van der Waals surface area contributed by atoms with Crippen molar-refractivity contribution in [2.75, 3.05) is 0 Å². The fourth-order valence-corrected chi connectivity index (χ4v) is 2.22. The van der Waals surface area contributed by atoms with Gasteiger partial charge in [-0.15, -0.1) is 0 Å². The van der Waals surface area contributed by atoms with E-state index in [1.54, 1.807) is 0 Å². The molecule has 0 radical (unpaired) electrons. The summed E-state index contributed by atoms with van der Waals surface area (Å²) in [5, 5.41) is 0. The van der Waals surface area contributed by atoms with Crippen LogP contribution in [0.3, 0.4) is 0 Å². The average Bonchev–Trinajstić information content (AvgIpc) is 2.69. The summed E-state index contributed by atoms with van der Waals surface area (Å²) in [6.45, 7) is 0. The lowest BCUT2D eigenvalue weighted by Gasteiger charge is -2.27. The van der Waals surface area contributed by atoms with E-state index in [1.165, 1.54) is 0 Å². The summed E-state index contributed by atoms with van der Waals surface area (Å²) in [6, 6.07) is 0. The molecule has 0 amide bonds. The van der Waals surface area contributed by atoms with Crippen molar-refractivity contribution in [3.63, 3.8) is 0 Å². The second-order valence-electron chi connectivity index (χ2n) is 4.76. The number of nitrogens with one attached hydrogen (secondary N) is 1. The van der Waals surface area contributed by atoms with Crippen LogP contribution in [0, 0.1) is 5.92 Å². The first-order valence-corrected chi connectivity index (χ1v) is 5.75. The van der Waals surface area contributed by atoms with Crippen LogP contribution in [0.2, 0.25) is 0 Å². The molecule has 2 rings (SSSR count). The molecule has 0 bridgehead atoms. The Balaban J connectivity index is 1.93. The summed E-state index contributed by atoms with van der Waals surface area (Å²) in [5.41, 5.74) is 0.359. The van der Waals surface area contributed by atoms with E-state index < -0.39 is 17.9 Å². The Kier molecular flexibility index (Phi) is 3.33. The fourth-order valence-electron chi connectivity index (χ4n) is 2.22. The van der Waals surface area contributed by atoms with Crippen molar-refractivity contribution < 1.29 is 22.0 Å². The van der Waals surface area contributed by atoms with Crippen LogP contribution < -0.4 is 0 Å². The molecule has 7 heteroatoms. The molecule has 1 aromatic heterocycles. The van der Waals surface area contributed by atoms with E-state index in [9.17, 15) is 22.0 Å². The van der Waals surface area contributed by atoms with Gasteiger partial charge < -0.3 is 4.98 Å². The van der Waals surface area contributed by atoms with Crippen LogP contribution in [0.25, 0.3) is 0 Å². The minimum absolute atomic E-state index is 0.00570. The van der Waals surface area contributed by atoms with E-state index >= 15 is 0 Å². The van der Waals surface area contributed by atoms with Gasteiger partial charge in [0, 0.05) is 24.7 Å². The number of hydrogen-bond acceptors (Lipinski definition) is 1. The lowest BCUT2D eigenvalue weighted by molar-refractivity contribution is -0.144. The Hall–Kier alpha value is -1.14. The predicted octanol–water partition coefficient (Wildman–Crippen LogP) is 3.80. The Bertz CT molecular complexity index is 400. The highest BCUT2D eigenvalue weighted by Crippen LogP contribution is 2.37. The second-order valence-corrected chi connectivity index (χ2v) is 4.76. The third-order valence-electron chi connectivity index (χ3n) is 3.24. The van der Waals surface area contributed by atoms with Crippen molar-refractivity contribution in [1.29, 1.82) is 0 Å². The van der Waals surface area contributed by atoms with Gasteiger partial charge in [-0.1, -0.05) is 0 Å². The summed E-state index contributed by atoms with van der Waals surface area (Å²) in [6.07, 6.45) is -2.69. The number of aromatic nitrogens is 2. The van der Waals surface area contributed by atoms with Gasteiger partial charge in [0.1, 0.15) is 0 Å². The van der Waals surface area contributed by atoms with Crippen LogP contribution in [-0.2, 0) is 12.6 Å². The average molecular weight is 268 g/mol. The minimum atomic E-state index is -4.49. The highest BCUT2D eigenvalue weighted by Gasteiger charge is 2.36. The van der Waals surface area contributed by atoms with Gasteiger partial charge in [0.05, 0.1) is 0 Å². The molecule has 1 N–H and O–H groups in total. The maximum Gasteiger partial charge on any atom is 0.449 e. The lowest BCUT2D eigenvalue weighted by Crippen LogP contribution is -2.25.